The smallest absolute Gasteiger partial charge is 0.165 e. The quantitative estimate of drug-likeness (QED) is 0.684. The first kappa shape index (κ1) is 11.0. The van der Waals surface area contributed by atoms with Crippen LogP contribution in [0.25, 0.3) is 0 Å². The predicted octanol–water partition coefficient (Wildman–Crippen LogP) is 2.84. The minimum Gasteiger partial charge on any atom is -0.365 e. The van der Waals surface area contributed by atoms with E-state index in [0.29, 0.717) is 0 Å². The van der Waals surface area contributed by atoms with E-state index in [0.717, 1.165) is 38.5 Å². The van der Waals surface area contributed by atoms with Crippen LogP contribution in [0, 0.1) is 0 Å². The van der Waals surface area contributed by atoms with Crippen LogP contribution in [0.2, 0.25) is 0 Å². The third kappa shape index (κ3) is 3.65. The van der Waals surface area contributed by atoms with E-state index in [9.17, 15) is 5.11 Å². The van der Waals surface area contributed by atoms with Crippen LogP contribution in [-0.4, -0.2) is 17.0 Å². The summed E-state index contributed by atoms with van der Waals surface area (Å²) in [4.78, 5) is 0. The van der Waals surface area contributed by atoms with E-state index >= 15 is 0 Å². The monoisotopic (exact) mass is 186 g/mol. The van der Waals surface area contributed by atoms with Crippen LogP contribution in [0.3, 0.4) is 0 Å². The molecule has 2 heteroatoms. The molecule has 2 nitrogen and oxygen atoms in total. The Bertz CT molecular complexity index is 139. The summed E-state index contributed by atoms with van der Waals surface area (Å²) in [5.74, 6) is -0.799. The van der Waals surface area contributed by atoms with Crippen molar-refractivity contribution in [1.29, 1.82) is 0 Å². The molecular formula is C11H22O2. The molecule has 1 N–H and O–H groups in total. The average Bonchev–Trinajstić information content (AvgIpc) is 2.04. The van der Waals surface area contributed by atoms with Gasteiger partial charge in [0.2, 0.25) is 0 Å². The van der Waals surface area contributed by atoms with Gasteiger partial charge in [0.05, 0.1) is 6.10 Å². The van der Waals surface area contributed by atoms with Gasteiger partial charge in [-0.2, -0.15) is 0 Å². The molecule has 0 amide bonds. The standard InChI is InChI=1S/C11H22O2/c1-3-7-10(2)13-11(12)8-5-4-6-9-11/h10,12H,3-9H2,1-2H3. The molecule has 0 aromatic rings. The van der Waals surface area contributed by atoms with Crippen molar-refractivity contribution in [3.63, 3.8) is 0 Å². The summed E-state index contributed by atoms with van der Waals surface area (Å²) in [6.07, 6.45) is 7.47. The summed E-state index contributed by atoms with van der Waals surface area (Å²) in [5.41, 5.74) is 0. The first-order chi connectivity index (χ1) is 6.16. The predicted molar refractivity (Wildman–Crippen MR) is 53.5 cm³/mol. The fourth-order valence-corrected chi connectivity index (χ4v) is 2.06. The maximum absolute atomic E-state index is 10.0. The molecule has 0 saturated heterocycles. The van der Waals surface area contributed by atoms with Crippen molar-refractivity contribution in [3.05, 3.63) is 0 Å². The Morgan fingerprint density at radius 1 is 1.31 bits per heavy atom. The summed E-state index contributed by atoms with van der Waals surface area (Å²) >= 11 is 0. The van der Waals surface area contributed by atoms with Gasteiger partial charge in [0.1, 0.15) is 0 Å². The number of hydrogen-bond acceptors (Lipinski definition) is 2. The van der Waals surface area contributed by atoms with Gasteiger partial charge in [-0.25, -0.2) is 0 Å². The minimum atomic E-state index is -0.799. The lowest BCUT2D eigenvalue weighted by molar-refractivity contribution is -0.242. The Hall–Kier alpha value is -0.0800. The Labute approximate surface area is 81.3 Å². The Morgan fingerprint density at radius 3 is 2.46 bits per heavy atom. The molecule has 1 atom stereocenters. The summed E-state index contributed by atoms with van der Waals surface area (Å²) in [6, 6.07) is 0. The molecule has 0 aromatic carbocycles. The molecule has 1 aliphatic rings. The van der Waals surface area contributed by atoms with Crippen LogP contribution >= 0.6 is 0 Å². The van der Waals surface area contributed by atoms with E-state index in [4.69, 9.17) is 4.74 Å². The Balaban J connectivity index is 2.31. The second-order valence-electron chi connectivity index (χ2n) is 4.22. The Morgan fingerprint density at radius 2 is 1.92 bits per heavy atom. The number of aliphatic hydroxyl groups is 1. The number of rotatable bonds is 4. The molecule has 0 spiro atoms. The molecule has 1 aliphatic carbocycles. The van der Waals surface area contributed by atoms with Crippen molar-refractivity contribution < 1.29 is 9.84 Å². The maximum Gasteiger partial charge on any atom is 0.165 e. The van der Waals surface area contributed by atoms with Crippen LogP contribution < -0.4 is 0 Å². The van der Waals surface area contributed by atoms with Crippen LogP contribution in [0.1, 0.15) is 58.8 Å². The number of hydrogen-bond donors (Lipinski definition) is 1. The highest BCUT2D eigenvalue weighted by atomic mass is 16.6. The molecule has 1 unspecified atom stereocenters. The van der Waals surface area contributed by atoms with Gasteiger partial charge >= 0.3 is 0 Å². The van der Waals surface area contributed by atoms with E-state index in [2.05, 4.69) is 13.8 Å². The zero-order chi connectivity index (χ0) is 9.73. The first-order valence-electron chi connectivity index (χ1n) is 5.56. The molecule has 0 heterocycles. The number of ether oxygens (including phenoxy) is 1. The lowest BCUT2D eigenvalue weighted by atomic mass is 9.94. The van der Waals surface area contributed by atoms with Crippen molar-refractivity contribution in [2.45, 2.75) is 70.7 Å². The molecule has 1 rings (SSSR count). The summed E-state index contributed by atoms with van der Waals surface area (Å²) < 4.78 is 5.67. The zero-order valence-electron chi connectivity index (χ0n) is 8.88. The third-order valence-electron chi connectivity index (χ3n) is 2.75. The van der Waals surface area contributed by atoms with Crippen molar-refractivity contribution in [1.82, 2.24) is 0 Å². The molecule has 13 heavy (non-hydrogen) atoms. The van der Waals surface area contributed by atoms with Gasteiger partial charge in [-0.15, -0.1) is 0 Å². The van der Waals surface area contributed by atoms with Crippen molar-refractivity contribution in [2.75, 3.05) is 0 Å². The second-order valence-corrected chi connectivity index (χ2v) is 4.22. The van der Waals surface area contributed by atoms with Gasteiger partial charge < -0.3 is 9.84 Å². The molecule has 1 saturated carbocycles. The van der Waals surface area contributed by atoms with E-state index in [1.165, 1.54) is 6.42 Å². The van der Waals surface area contributed by atoms with Crippen molar-refractivity contribution in [2.24, 2.45) is 0 Å². The van der Waals surface area contributed by atoms with Crippen LogP contribution in [-0.2, 0) is 4.74 Å². The highest BCUT2D eigenvalue weighted by Gasteiger charge is 2.31. The normalized spacial score (nSPS) is 24.2. The molecular weight excluding hydrogens is 164 g/mol. The molecule has 78 valence electrons. The minimum absolute atomic E-state index is 0.202. The van der Waals surface area contributed by atoms with E-state index < -0.39 is 5.79 Å². The highest BCUT2D eigenvalue weighted by Crippen LogP contribution is 2.30. The van der Waals surface area contributed by atoms with Gasteiger partial charge in [0.15, 0.2) is 5.79 Å². The van der Waals surface area contributed by atoms with Crippen LogP contribution in [0.15, 0.2) is 0 Å². The summed E-state index contributed by atoms with van der Waals surface area (Å²) in [7, 11) is 0. The van der Waals surface area contributed by atoms with Crippen molar-refractivity contribution >= 4 is 0 Å². The highest BCUT2D eigenvalue weighted by molar-refractivity contribution is 4.74. The fraction of sp³-hybridized carbons (Fsp3) is 1.00. The van der Waals surface area contributed by atoms with Gasteiger partial charge in [0, 0.05) is 12.8 Å². The molecule has 0 aliphatic heterocycles. The van der Waals surface area contributed by atoms with E-state index in [-0.39, 0.29) is 6.10 Å². The lowest BCUT2D eigenvalue weighted by Crippen LogP contribution is -2.37. The average molecular weight is 186 g/mol. The zero-order valence-corrected chi connectivity index (χ0v) is 8.88. The second kappa shape index (κ2) is 4.97. The first-order valence-corrected chi connectivity index (χ1v) is 5.56. The third-order valence-corrected chi connectivity index (χ3v) is 2.75. The maximum atomic E-state index is 10.0. The van der Waals surface area contributed by atoms with Gasteiger partial charge in [-0.05, 0) is 26.2 Å². The van der Waals surface area contributed by atoms with E-state index in [1.807, 2.05) is 0 Å². The van der Waals surface area contributed by atoms with Gasteiger partial charge in [0.25, 0.3) is 0 Å². The largest absolute Gasteiger partial charge is 0.365 e. The summed E-state index contributed by atoms with van der Waals surface area (Å²) in [5, 5.41) is 10.0. The van der Waals surface area contributed by atoms with E-state index in [1.54, 1.807) is 0 Å². The van der Waals surface area contributed by atoms with Gasteiger partial charge in [-0.1, -0.05) is 19.8 Å². The van der Waals surface area contributed by atoms with Crippen molar-refractivity contribution in [3.8, 4) is 0 Å². The molecule has 1 fully saturated rings. The van der Waals surface area contributed by atoms with Crippen LogP contribution in [0.5, 0.6) is 0 Å². The topological polar surface area (TPSA) is 29.5 Å². The Kier molecular flexibility index (Phi) is 4.20. The lowest BCUT2D eigenvalue weighted by Gasteiger charge is -2.34. The molecule has 0 bridgehead atoms. The van der Waals surface area contributed by atoms with Crippen LogP contribution in [0.4, 0.5) is 0 Å². The van der Waals surface area contributed by atoms with Gasteiger partial charge in [-0.3, -0.25) is 0 Å². The SMILES string of the molecule is CCCC(C)OC1(O)CCCCC1. The molecule has 0 radical (unpaired) electrons. The molecule has 0 aromatic heterocycles. The summed E-state index contributed by atoms with van der Waals surface area (Å²) in [6.45, 7) is 4.20. The fourth-order valence-electron chi connectivity index (χ4n) is 2.06.